The fraction of sp³-hybridized carbons (Fsp3) is 0. The van der Waals surface area contributed by atoms with Gasteiger partial charge in [0.25, 0.3) is 0 Å². The van der Waals surface area contributed by atoms with Gasteiger partial charge in [-0.1, -0.05) is 115 Å². The lowest BCUT2D eigenvalue weighted by atomic mass is 9.84. The first-order valence-corrected chi connectivity index (χ1v) is 15.9. The number of rotatable bonds is 3. The van der Waals surface area contributed by atoms with Crippen LogP contribution in [0.15, 0.2) is 162 Å². The smallest absolute Gasteiger partial charge is 0.246 e. The minimum Gasteiger partial charge on any atom is -0.436 e. The van der Waals surface area contributed by atoms with E-state index < -0.39 is 0 Å². The average Bonchev–Trinajstić information content (AvgIpc) is 3.51. The van der Waals surface area contributed by atoms with Crippen LogP contribution >= 0.6 is 0 Å². The van der Waals surface area contributed by atoms with Crippen molar-refractivity contribution in [3.05, 3.63) is 158 Å². The lowest BCUT2D eigenvalue weighted by molar-refractivity contribution is 0.653. The fourth-order valence-electron chi connectivity index (χ4n) is 7.34. The Morgan fingerprint density at radius 1 is 0.362 bits per heavy atom. The van der Waals surface area contributed by atoms with Gasteiger partial charge in [-0.15, -0.1) is 0 Å². The van der Waals surface area contributed by atoms with Gasteiger partial charge in [0, 0.05) is 17.8 Å². The third-order valence-electron chi connectivity index (χ3n) is 9.54. The third kappa shape index (κ3) is 4.07. The summed E-state index contributed by atoms with van der Waals surface area (Å²) in [4.78, 5) is 8.96. The van der Waals surface area contributed by atoms with Crippen LogP contribution in [-0.2, 0) is 0 Å². The van der Waals surface area contributed by atoms with Crippen molar-refractivity contribution >= 4 is 65.3 Å². The molecule has 0 aliphatic rings. The topological polar surface area (TPSA) is 38.9 Å². The molecule has 0 spiro atoms. The minimum absolute atomic E-state index is 0.559. The molecule has 0 saturated heterocycles. The maximum absolute atomic E-state index is 6.00. The molecule has 0 bridgehead atoms. The van der Waals surface area contributed by atoms with Crippen LogP contribution in [0.3, 0.4) is 0 Å². The summed E-state index contributed by atoms with van der Waals surface area (Å²) in [6.07, 6.45) is 3.38. The SMILES string of the molecule is c1ccc2cc(-c3c4ccccc4c(-c4ccc5ccccc5c4)c4cc(-c5ccc6oc7nccnc7c6c5)ccc34)ccc2c1. The molecule has 2 aromatic heterocycles. The number of hydrogen-bond acceptors (Lipinski definition) is 3. The molecule has 0 amide bonds. The van der Waals surface area contributed by atoms with Crippen molar-refractivity contribution < 1.29 is 4.42 Å². The van der Waals surface area contributed by atoms with E-state index in [2.05, 4.69) is 149 Å². The molecule has 218 valence electrons. The van der Waals surface area contributed by atoms with E-state index in [4.69, 9.17) is 4.42 Å². The van der Waals surface area contributed by atoms with Crippen LogP contribution in [0.25, 0.3) is 98.7 Å². The summed E-state index contributed by atoms with van der Waals surface area (Å²) in [5.41, 5.74) is 9.30. The molecule has 8 aromatic carbocycles. The van der Waals surface area contributed by atoms with E-state index in [0.29, 0.717) is 5.71 Å². The maximum atomic E-state index is 6.00. The zero-order chi connectivity index (χ0) is 30.9. The predicted octanol–water partition coefficient (Wildman–Crippen LogP) is 12.0. The van der Waals surface area contributed by atoms with E-state index in [1.165, 1.54) is 65.3 Å². The van der Waals surface area contributed by atoms with Gasteiger partial charge in [-0.3, -0.25) is 0 Å². The van der Waals surface area contributed by atoms with Gasteiger partial charge in [-0.05, 0) is 107 Å². The summed E-state index contributed by atoms with van der Waals surface area (Å²) in [7, 11) is 0. The molecule has 47 heavy (non-hydrogen) atoms. The molecule has 0 aliphatic heterocycles. The molecule has 2 heterocycles. The standard InChI is InChI=1S/C44H26N2O/c1-3-9-29-23-33(15-13-27(29)7-1)41-35-11-5-6-12-36(35)42(34-16-14-28-8-2-4-10-30(28)24-34)38-25-31(17-19-37(38)41)32-18-20-40-39(26-32)43-44(47-40)46-22-21-45-43/h1-26H. The van der Waals surface area contributed by atoms with E-state index in [1.54, 1.807) is 12.4 Å². The summed E-state index contributed by atoms with van der Waals surface area (Å²) in [5, 5.41) is 10.8. The van der Waals surface area contributed by atoms with Crippen molar-refractivity contribution in [2.75, 3.05) is 0 Å². The lowest BCUT2D eigenvalue weighted by Gasteiger charge is -2.19. The van der Waals surface area contributed by atoms with Crippen LogP contribution in [0.5, 0.6) is 0 Å². The molecule has 0 atom stereocenters. The van der Waals surface area contributed by atoms with Gasteiger partial charge >= 0.3 is 0 Å². The van der Waals surface area contributed by atoms with E-state index in [9.17, 15) is 0 Å². The van der Waals surface area contributed by atoms with Crippen molar-refractivity contribution in [3.63, 3.8) is 0 Å². The quantitative estimate of drug-likeness (QED) is 0.190. The van der Waals surface area contributed by atoms with Gasteiger partial charge in [0.2, 0.25) is 5.71 Å². The van der Waals surface area contributed by atoms with Gasteiger partial charge in [0.05, 0.1) is 0 Å². The second-order valence-corrected chi connectivity index (χ2v) is 12.2. The zero-order valence-electron chi connectivity index (χ0n) is 25.3. The lowest BCUT2D eigenvalue weighted by Crippen LogP contribution is -1.92. The summed E-state index contributed by atoms with van der Waals surface area (Å²) < 4.78 is 6.00. The zero-order valence-corrected chi connectivity index (χ0v) is 25.3. The largest absolute Gasteiger partial charge is 0.436 e. The Morgan fingerprint density at radius 2 is 0.872 bits per heavy atom. The molecular weight excluding hydrogens is 572 g/mol. The van der Waals surface area contributed by atoms with Crippen LogP contribution < -0.4 is 0 Å². The first-order valence-electron chi connectivity index (χ1n) is 15.9. The fourth-order valence-corrected chi connectivity index (χ4v) is 7.34. The molecule has 3 heteroatoms. The van der Waals surface area contributed by atoms with Gasteiger partial charge in [-0.2, -0.15) is 0 Å². The van der Waals surface area contributed by atoms with E-state index >= 15 is 0 Å². The average molecular weight is 599 g/mol. The molecule has 0 aliphatic carbocycles. The van der Waals surface area contributed by atoms with Crippen molar-refractivity contribution in [2.24, 2.45) is 0 Å². The molecule has 3 nitrogen and oxygen atoms in total. The Bertz CT molecular complexity index is 2860. The summed E-state index contributed by atoms with van der Waals surface area (Å²) in [6.45, 7) is 0. The highest BCUT2D eigenvalue weighted by atomic mass is 16.3. The maximum Gasteiger partial charge on any atom is 0.246 e. The van der Waals surface area contributed by atoms with Crippen LogP contribution in [0.2, 0.25) is 0 Å². The molecule has 10 rings (SSSR count). The second-order valence-electron chi connectivity index (χ2n) is 12.2. The molecule has 0 unspecified atom stereocenters. The van der Waals surface area contributed by atoms with E-state index in [1.807, 2.05) is 6.07 Å². The number of hydrogen-bond donors (Lipinski definition) is 0. The Labute approximate surface area is 270 Å². The van der Waals surface area contributed by atoms with Crippen molar-refractivity contribution in [1.82, 2.24) is 9.97 Å². The van der Waals surface area contributed by atoms with Gasteiger partial charge in [0.1, 0.15) is 11.1 Å². The normalized spacial score (nSPS) is 11.8. The number of nitrogens with zero attached hydrogens (tertiary/aromatic N) is 2. The van der Waals surface area contributed by atoms with Gasteiger partial charge in [-0.25, -0.2) is 9.97 Å². The molecule has 0 saturated carbocycles. The van der Waals surface area contributed by atoms with Crippen LogP contribution in [0.1, 0.15) is 0 Å². The van der Waals surface area contributed by atoms with Crippen LogP contribution in [0.4, 0.5) is 0 Å². The molecule has 10 aromatic rings. The highest BCUT2D eigenvalue weighted by molar-refractivity contribution is 6.22. The Balaban J connectivity index is 1.30. The Hall–Kier alpha value is -6.32. The third-order valence-corrected chi connectivity index (χ3v) is 9.54. The predicted molar refractivity (Wildman–Crippen MR) is 196 cm³/mol. The van der Waals surface area contributed by atoms with Gasteiger partial charge in [0.15, 0.2) is 0 Å². The summed E-state index contributed by atoms with van der Waals surface area (Å²) in [5.74, 6) is 0. The molecule has 0 radical (unpaired) electrons. The van der Waals surface area contributed by atoms with Gasteiger partial charge < -0.3 is 4.42 Å². The first-order chi connectivity index (χ1) is 23.3. The number of aromatic nitrogens is 2. The van der Waals surface area contributed by atoms with E-state index in [-0.39, 0.29) is 0 Å². The summed E-state index contributed by atoms with van der Waals surface area (Å²) in [6, 6.07) is 53.0. The number of furan rings is 1. The Kier molecular flexibility index (Phi) is 5.57. The minimum atomic E-state index is 0.559. The molecule has 0 N–H and O–H groups in total. The second kappa shape index (κ2) is 10.1. The van der Waals surface area contributed by atoms with Crippen molar-refractivity contribution in [1.29, 1.82) is 0 Å². The first kappa shape index (κ1) is 26.0. The Morgan fingerprint density at radius 3 is 1.55 bits per heavy atom. The number of benzene rings is 8. The van der Waals surface area contributed by atoms with E-state index in [0.717, 1.165) is 27.6 Å². The highest BCUT2D eigenvalue weighted by Crippen LogP contribution is 2.46. The molecule has 0 fully saturated rings. The number of fused-ring (bicyclic) bond motifs is 7. The van der Waals surface area contributed by atoms with Crippen LogP contribution in [-0.4, -0.2) is 9.97 Å². The molecular formula is C44H26N2O. The van der Waals surface area contributed by atoms with Crippen molar-refractivity contribution in [3.8, 4) is 33.4 Å². The van der Waals surface area contributed by atoms with Crippen molar-refractivity contribution in [2.45, 2.75) is 0 Å². The highest BCUT2D eigenvalue weighted by Gasteiger charge is 2.19. The summed E-state index contributed by atoms with van der Waals surface area (Å²) >= 11 is 0. The monoisotopic (exact) mass is 598 g/mol. The van der Waals surface area contributed by atoms with Crippen LogP contribution in [0, 0.1) is 0 Å².